The molecule has 0 spiro atoms. The van der Waals surface area contributed by atoms with Gasteiger partial charge in [0.25, 0.3) is 5.91 Å². The molecule has 9 nitrogen and oxygen atoms in total. The highest BCUT2D eigenvalue weighted by Crippen LogP contribution is 2.35. The Labute approximate surface area is 159 Å². The summed E-state index contributed by atoms with van der Waals surface area (Å²) in [6.07, 6.45) is 1.32. The average molecular weight is 380 g/mol. The number of phenolic OH excluding ortho intramolecular Hbond substituents is 1. The van der Waals surface area contributed by atoms with Crippen molar-refractivity contribution < 1.29 is 24.1 Å². The molecule has 0 bridgehead atoms. The molecule has 1 amide bonds. The zero-order valence-electron chi connectivity index (χ0n) is 14.8. The van der Waals surface area contributed by atoms with Gasteiger partial charge < -0.3 is 19.3 Å². The Kier molecular flexibility index (Phi) is 4.55. The van der Waals surface area contributed by atoms with Crippen LogP contribution in [0.25, 0.3) is 11.3 Å². The van der Waals surface area contributed by atoms with E-state index >= 15 is 0 Å². The molecule has 1 aliphatic heterocycles. The lowest BCUT2D eigenvalue weighted by atomic mass is 10.1. The summed E-state index contributed by atoms with van der Waals surface area (Å²) in [5.74, 6) is 1.41. The molecule has 0 atom stereocenters. The number of hydrazone groups is 1. The molecule has 28 heavy (non-hydrogen) atoms. The first-order chi connectivity index (χ1) is 13.6. The van der Waals surface area contributed by atoms with Gasteiger partial charge in [-0.2, -0.15) is 10.2 Å². The van der Waals surface area contributed by atoms with Crippen LogP contribution < -0.4 is 19.6 Å². The highest BCUT2D eigenvalue weighted by atomic mass is 16.7. The maximum Gasteiger partial charge on any atom is 0.289 e. The average Bonchev–Trinajstić information content (AvgIpc) is 3.38. The fourth-order valence-corrected chi connectivity index (χ4v) is 2.63. The number of H-pyrrole nitrogens is 1. The molecule has 0 fully saturated rings. The van der Waals surface area contributed by atoms with E-state index in [0.29, 0.717) is 28.5 Å². The van der Waals surface area contributed by atoms with Crippen molar-refractivity contribution in [3.63, 3.8) is 0 Å². The number of ether oxygens (including phenoxy) is 3. The number of nitrogens with one attached hydrogen (secondary N) is 2. The number of hydrogen-bond acceptors (Lipinski definition) is 7. The molecule has 3 N–H and O–H groups in total. The molecule has 3 aromatic rings. The summed E-state index contributed by atoms with van der Waals surface area (Å²) in [5, 5.41) is 20.5. The molecule has 0 unspecified atom stereocenters. The van der Waals surface area contributed by atoms with Gasteiger partial charge in [0, 0.05) is 11.1 Å². The van der Waals surface area contributed by atoms with Crippen molar-refractivity contribution in [3.05, 3.63) is 53.7 Å². The monoisotopic (exact) mass is 380 g/mol. The first-order valence-corrected chi connectivity index (χ1v) is 8.30. The van der Waals surface area contributed by atoms with E-state index in [9.17, 15) is 9.90 Å². The Morgan fingerprint density at radius 2 is 2.11 bits per heavy atom. The molecule has 1 aliphatic rings. The van der Waals surface area contributed by atoms with E-state index in [2.05, 4.69) is 20.7 Å². The van der Waals surface area contributed by atoms with E-state index in [4.69, 9.17) is 14.2 Å². The smallest absolute Gasteiger partial charge is 0.289 e. The molecule has 1 aromatic heterocycles. The number of methoxy groups -OCH3 is 1. The van der Waals surface area contributed by atoms with E-state index in [0.717, 1.165) is 5.56 Å². The third kappa shape index (κ3) is 3.45. The fourth-order valence-electron chi connectivity index (χ4n) is 2.63. The number of phenols is 1. The van der Waals surface area contributed by atoms with Crippen molar-refractivity contribution in [2.75, 3.05) is 13.9 Å². The SMILES string of the molecule is COc1ccc(O)c(/C=N/NC(=O)c2cc(-c3ccc4c(c3)OCO4)n[nH]2)c1. The van der Waals surface area contributed by atoms with Gasteiger partial charge in [-0.25, -0.2) is 5.43 Å². The quantitative estimate of drug-likeness (QED) is 0.462. The summed E-state index contributed by atoms with van der Waals surface area (Å²) >= 11 is 0. The largest absolute Gasteiger partial charge is 0.507 e. The minimum Gasteiger partial charge on any atom is -0.507 e. The first kappa shape index (κ1) is 17.4. The molecular weight excluding hydrogens is 364 g/mol. The third-order valence-electron chi connectivity index (χ3n) is 4.10. The van der Waals surface area contributed by atoms with E-state index in [1.54, 1.807) is 30.3 Å². The van der Waals surface area contributed by atoms with Crippen molar-refractivity contribution in [1.29, 1.82) is 0 Å². The van der Waals surface area contributed by atoms with Crippen LogP contribution in [0.4, 0.5) is 0 Å². The molecule has 0 saturated heterocycles. The van der Waals surface area contributed by atoms with Crippen molar-refractivity contribution in [2.45, 2.75) is 0 Å². The van der Waals surface area contributed by atoms with Crippen LogP contribution in [0.15, 0.2) is 47.6 Å². The van der Waals surface area contributed by atoms with Crippen LogP contribution in [0, 0.1) is 0 Å². The summed E-state index contributed by atoms with van der Waals surface area (Å²) in [6.45, 7) is 0.188. The summed E-state index contributed by atoms with van der Waals surface area (Å²) in [6, 6.07) is 11.7. The van der Waals surface area contributed by atoms with Crippen LogP contribution in [0.2, 0.25) is 0 Å². The summed E-state index contributed by atoms with van der Waals surface area (Å²) in [7, 11) is 1.52. The number of aromatic nitrogens is 2. The predicted octanol–water partition coefficient (Wildman–Crippen LogP) is 2.28. The van der Waals surface area contributed by atoms with Crippen molar-refractivity contribution >= 4 is 12.1 Å². The number of carbonyl (C=O) groups excluding carboxylic acids is 1. The van der Waals surface area contributed by atoms with Crippen molar-refractivity contribution in [3.8, 4) is 34.3 Å². The minimum absolute atomic E-state index is 0.0189. The van der Waals surface area contributed by atoms with Gasteiger partial charge in [0.05, 0.1) is 19.0 Å². The van der Waals surface area contributed by atoms with Crippen molar-refractivity contribution in [2.24, 2.45) is 5.10 Å². The Hall–Kier alpha value is -4.01. The van der Waals surface area contributed by atoms with Gasteiger partial charge in [0.15, 0.2) is 11.5 Å². The number of rotatable bonds is 5. The first-order valence-electron chi connectivity index (χ1n) is 8.30. The van der Waals surface area contributed by atoms with Gasteiger partial charge in [0.1, 0.15) is 17.2 Å². The summed E-state index contributed by atoms with van der Waals surface area (Å²) < 4.78 is 15.7. The second kappa shape index (κ2) is 7.31. The number of benzene rings is 2. The molecule has 9 heteroatoms. The normalized spacial score (nSPS) is 12.3. The molecule has 4 rings (SSSR count). The molecular formula is C19H16N4O5. The van der Waals surface area contributed by atoms with Gasteiger partial charge in [-0.1, -0.05) is 0 Å². The Morgan fingerprint density at radius 3 is 2.96 bits per heavy atom. The highest BCUT2D eigenvalue weighted by Gasteiger charge is 2.16. The van der Waals surface area contributed by atoms with Gasteiger partial charge in [-0.3, -0.25) is 9.89 Å². The van der Waals surface area contributed by atoms with Gasteiger partial charge >= 0.3 is 0 Å². The Balaban J connectivity index is 1.45. The minimum atomic E-state index is -0.474. The predicted molar refractivity (Wildman–Crippen MR) is 99.9 cm³/mol. The van der Waals surface area contributed by atoms with Crippen LogP contribution in [0.3, 0.4) is 0 Å². The Bertz CT molecular complexity index is 1060. The number of fused-ring (bicyclic) bond motifs is 1. The maximum atomic E-state index is 12.2. The summed E-state index contributed by atoms with van der Waals surface area (Å²) in [5.41, 5.74) is 4.39. The number of amides is 1. The van der Waals surface area contributed by atoms with E-state index < -0.39 is 5.91 Å². The molecule has 0 saturated carbocycles. The molecule has 142 valence electrons. The number of carbonyl (C=O) groups is 1. The van der Waals surface area contributed by atoms with Crippen LogP contribution >= 0.6 is 0 Å². The van der Waals surface area contributed by atoms with Crippen LogP contribution in [-0.2, 0) is 0 Å². The number of nitrogens with zero attached hydrogens (tertiary/aromatic N) is 2. The molecule has 0 radical (unpaired) electrons. The van der Waals surface area contributed by atoms with Gasteiger partial charge in [-0.15, -0.1) is 0 Å². The van der Waals surface area contributed by atoms with Crippen LogP contribution in [-0.4, -0.2) is 41.3 Å². The second-order valence-corrected chi connectivity index (χ2v) is 5.86. The van der Waals surface area contributed by atoms with Gasteiger partial charge in [-0.05, 0) is 42.5 Å². The molecule has 2 heterocycles. The van der Waals surface area contributed by atoms with Gasteiger partial charge in [0.2, 0.25) is 6.79 Å². The van der Waals surface area contributed by atoms with Crippen LogP contribution in [0.5, 0.6) is 23.0 Å². The van der Waals surface area contributed by atoms with E-state index in [1.165, 1.54) is 19.4 Å². The standard InChI is InChI=1S/C19H16N4O5/c1-26-13-3-4-16(24)12(6-13)9-20-23-19(25)15-8-14(21-22-15)11-2-5-17-18(7-11)28-10-27-17/h2-9,24H,10H2,1H3,(H,21,22)(H,23,25)/b20-9+. The highest BCUT2D eigenvalue weighted by molar-refractivity contribution is 5.94. The number of aromatic amines is 1. The molecule has 0 aliphatic carbocycles. The number of aromatic hydroxyl groups is 1. The van der Waals surface area contributed by atoms with E-state index in [1.807, 2.05) is 6.07 Å². The topological polar surface area (TPSA) is 118 Å². The zero-order chi connectivity index (χ0) is 19.5. The van der Waals surface area contributed by atoms with Crippen LogP contribution in [0.1, 0.15) is 16.1 Å². The lowest BCUT2D eigenvalue weighted by Gasteiger charge is -2.03. The lowest BCUT2D eigenvalue weighted by molar-refractivity contribution is 0.0950. The molecule has 2 aromatic carbocycles. The maximum absolute atomic E-state index is 12.2. The summed E-state index contributed by atoms with van der Waals surface area (Å²) in [4.78, 5) is 12.2. The zero-order valence-corrected chi connectivity index (χ0v) is 14.8. The lowest BCUT2D eigenvalue weighted by Crippen LogP contribution is -2.18. The van der Waals surface area contributed by atoms with Crippen molar-refractivity contribution in [1.82, 2.24) is 15.6 Å². The number of hydrogen-bond donors (Lipinski definition) is 3. The fraction of sp³-hybridized carbons (Fsp3) is 0.105. The second-order valence-electron chi connectivity index (χ2n) is 5.86. The third-order valence-corrected chi connectivity index (χ3v) is 4.10. The Morgan fingerprint density at radius 1 is 1.25 bits per heavy atom. The van der Waals surface area contributed by atoms with E-state index in [-0.39, 0.29) is 18.2 Å².